The number of ether oxygens (including phenoxy) is 1. The number of hydrogen-bond donors (Lipinski definition) is 1. The first-order chi connectivity index (χ1) is 4.74. The van der Waals surface area contributed by atoms with Crippen molar-refractivity contribution in [2.24, 2.45) is 5.73 Å². The summed E-state index contributed by atoms with van der Waals surface area (Å²) in [4.78, 5) is 0. The van der Waals surface area contributed by atoms with Gasteiger partial charge in [-0.25, -0.2) is 0 Å². The molecule has 0 aliphatic carbocycles. The standard InChI is InChI=1S/C8H15NO/c1-3-7-4-5-8(9)6(2)10-7/h4,6,8H,3,5,9H2,1-2H3. The molecule has 2 heteroatoms. The molecule has 58 valence electrons. The maximum atomic E-state index is 5.73. The van der Waals surface area contributed by atoms with Gasteiger partial charge in [-0.3, -0.25) is 0 Å². The van der Waals surface area contributed by atoms with Crippen LogP contribution in [0.3, 0.4) is 0 Å². The van der Waals surface area contributed by atoms with Crippen LogP contribution in [0.4, 0.5) is 0 Å². The molecule has 0 saturated carbocycles. The molecule has 0 bridgehead atoms. The molecule has 0 aromatic carbocycles. The fourth-order valence-corrected chi connectivity index (χ4v) is 1.06. The second kappa shape index (κ2) is 3.06. The largest absolute Gasteiger partial charge is 0.494 e. The van der Waals surface area contributed by atoms with Crippen LogP contribution < -0.4 is 5.73 Å². The molecule has 0 saturated heterocycles. The van der Waals surface area contributed by atoms with E-state index >= 15 is 0 Å². The van der Waals surface area contributed by atoms with E-state index in [9.17, 15) is 0 Å². The van der Waals surface area contributed by atoms with Gasteiger partial charge in [0.25, 0.3) is 0 Å². The van der Waals surface area contributed by atoms with Crippen LogP contribution in [0.1, 0.15) is 26.7 Å². The Morgan fingerprint density at radius 1 is 1.80 bits per heavy atom. The van der Waals surface area contributed by atoms with Crippen LogP contribution >= 0.6 is 0 Å². The molecule has 10 heavy (non-hydrogen) atoms. The first-order valence-corrected chi connectivity index (χ1v) is 3.85. The summed E-state index contributed by atoms with van der Waals surface area (Å²) in [6, 6.07) is 0.190. The highest BCUT2D eigenvalue weighted by Gasteiger charge is 2.18. The van der Waals surface area contributed by atoms with E-state index in [0.717, 1.165) is 18.6 Å². The van der Waals surface area contributed by atoms with Crippen LogP contribution in [-0.2, 0) is 4.74 Å². The van der Waals surface area contributed by atoms with Crippen molar-refractivity contribution in [1.82, 2.24) is 0 Å². The molecule has 1 aliphatic rings. The van der Waals surface area contributed by atoms with Crippen molar-refractivity contribution in [3.05, 3.63) is 11.8 Å². The van der Waals surface area contributed by atoms with Gasteiger partial charge in [-0.15, -0.1) is 0 Å². The predicted octanol–water partition coefficient (Wildman–Crippen LogP) is 1.42. The Morgan fingerprint density at radius 3 is 3.00 bits per heavy atom. The molecule has 2 atom stereocenters. The summed E-state index contributed by atoms with van der Waals surface area (Å²) < 4.78 is 5.48. The van der Waals surface area contributed by atoms with E-state index in [0.29, 0.717) is 0 Å². The van der Waals surface area contributed by atoms with Crippen molar-refractivity contribution in [2.75, 3.05) is 0 Å². The first kappa shape index (κ1) is 7.61. The zero-order chi connectivity index (χ0) is 7.56. The minimum Gasteiger partial charge on any atom is -0.494 e. The van der Waals surface area contributed by atoms with Gasteiger partial charge in [0.05, 0.1) is 5.76 Å². The highest BCUT2D eigenvalue weighted by Crippen LogP contribution is 2.17. The minimum absolute atomic E-state index is 0.190. The molecule has 0 spiro atoms. The van der Waals surface area contributed by atoms with Gasteiger partial charge in [0.2, 0.25) is 0 Å². The fraction of sp³-hybridized carbons (Fsp3) is 0.750. The summed E-state index contributed by atoms with van der Waals surface area (Å²) in [5.41, 5.74) is 5.73. The molecule has 0 aromatic rings. The number of nitrogens with two attached hydrogens (primary N) is 1. The Balaban J connectivity index is 2.52. The van der Waals surface area contributed by atoms with Crippen LogP contribution in [-0.4, -0.2) is 12.1 Å². The summed E-state index contributed by atoms with van der Waals surface area (Å²) in [5.74, 6) is 1.09. The number of rotatable bonds is 1. The summed E-state index contributed by atoms with van der Waals surface area (Å²) in [6.07, 6.45) is 4.23. The van der Waals surface area contributed by atoms with Crippen LogP contribution in [0.25, 0.3) is 0 Å². The Morgan fingerprint density at radius 2 is 2.50 bits per heavy atom. The molecule has 2 N–H and O–H groups in total. The van der Waals surface area contributed by atoms with Crippen LogP contribution in [0.15, 0.2) is 11.8 Å². The minimum atomic E-state index is 0.190. The van der Waals surface area contributed by atoms with Crippen molar-refractivity contribution < 1.29 is 4.74 Å². The lowest BCUT2D eigenvalue weighted by Gasteiger charge is -2.26. The predicted molar refractivity (Wildman–Crippen MR) is 41.5 cm³/mol. The molecule has 0 amide bonds. The first-order valence-electron chi connectivity index (χ1n) is 3.85. The molecular weight excluding hydrogens is 126 g/mol. The Kier molecular flexibility index (Phi) is 2.33. The highest BCUT2D eigenvalue weighted by molar-refractivity contribution is 5.00. The normalized spacial score (nSPS) is 32.9. The number of hydrogen-bond acceptors (Lipinski definition) is 2. The number of allylic oxidation sites excluding steroid dienone is 1. The monoisotopic (exact) mass is 141 g/mol. The van der Waals surface area contributed by atoms with Crippen LogP contribution in [0.2, 0.25) is 0 Å². The Labute approximate surface area is 62.1 Å². The molecule has 2 unspecified atom stereocenters. The molecule has 1 aliphatic heterocycles. The van der Waals surface area contributed by atoms with Gasteiger partial charge in [0.1, 0.15) is 6.10 Å². The van der Waals surface area contributed by atoms with Crippen molar-refractivity contribution in [3.63, 3.8) is 0 Å². The topological polar surface area (TPSA) is 35.2 Å². The quantitative estimate of drug-likeness (QED) is 0.599. The summed E-state index contributed by atoms with van der Waals surface area (Å²) >= 11 is 0. The van der Waals surface area contributed by atoms with Gasteiger partial charge >= 0.3 is 0 Å². The molecule has 0 radical (unpaired) electrons. The average molecular weight is 141 g/mol. The highest BCUT2D eigenvalue weighted by atomic mass is 16.5. The second-order valence-electron chi connectivity index (χ2n) is 2.75. The van der Waals surface area contributed by atoms with E-state index in [-0.39, 0.29) is 12.1 Å². The van der Waals surface area contributed by atoms with E-state index in [1.807, 2.05) is 6.92 Å². The van der Waals surface area contributed by atoms with E-state index in [2.05, 4.69) is 13.0 Å². The molecule has 0 aromatic heterocycles. The lowest BCUT2D eigenvalue weighted by molar-refractivity contribution is 0.0890. The Hall–Kier alpha value is -0.500. The van der Waals surface area contributed by atoms with Crippen molar-refractivity contribution >= 4 is 0 Å². The fourth-order valence-electron chi connectivity index (χ4n) is 1.06. The van der Waals surface area contributed by atoms with Crippen LogP contribution in [0.5, 0.6) is 0 Å². The van der Waals surface area contributed by atoms with E-state index in [4.69, 9.17) is 10.5 Å². The Bertz CT molecular complexity index is 142. The maximum absolute atomic E-state index is 5.73. The molecule has 2 nitrogen and oxygen atoms in total. The third kappa shape index (κ3) is 1.51. The maximum Gasteiger partial charge on any atom is 0.111 e. The van der Waals surface area contributed by atoms with E-state index in [1.54, 1.807) is 0 Å². The van der Waals surface area contributed by atoms with E-state index in [1.165, 1.54) is 0 Å². The smallest absolute Gasteiger partial charge is 0.111 e. The zero-order valence-corrected chi connectivity index (χ0v) is 6.63. The molecule has 1 rings (SSSR count). The van der Waals surface area contributed by atoms with Gasteiger partial charge in [-0.05, 0) is 19.4 Å². The second-order valence-corrected chi connectivity index (χ2v) is 2.75. The third-order valence-corrected chi connectivity index (χ3v) is 1.91. The summed E-state index contributed by atoms with van der Waals surface area (Å²) in [6.45, 7) is 4.11. The summed E-state index contributed by atoms with van der Waals surface area (Å²) in [5, 5.41) is 0. The lowest BCUT2D eigenvalue weighted by Crippen LogP contribution is -2.36. The van der Waals surface area contributed by atoms with Gasteiger partial charge in [-0.2, -0.15) is 0 Å². The van der Waals surface area contributed by atoms with Crippen molar-refractivity contribution in [3.8, 4) is 0 Å². The molecule has 0 fully saturated rings. The average Bonchev–Trinajstić information content (AvgIpc) is 1.95. The van der Waals surface area contributed by atoms with Gasteiger partial charge < -0.3 is 10.5 Å². The molecule has 1 heterocycles. The summed E-state index contributed by atoms with van der Waals surface area (Å²) in [7, 11) is 0. The SMILES string of the molecule is CCC1=CCC(N)C(C)O1. The van der Waals surface area contributed by atoms with Crippen molar-refractivity contribution in [1.29, 1.82) is 0 Å². The van der Waals surface area contributed by atoms with Crippen molar-refractivity contribution in [2.45, 2.75) is 38.8 Å². The lowest BCUT2D eigenvalue weighted by atomic mass is 10.1. The van der Waals surface area contributed by atoms with Gasteiger partial charge in [0.15, 0.2) is 0 Å². The molecular formula is C8H15NO. The van der Waals surface area contributed by atoms with Gasteiger partial charge in [0, 0.05) is 12.5 Å². The van der Waals surface area contributed by atoms with Gasteiger partial charge in [-0.1, -0.05) is 6.92 Å². The third-order valence-electron chi connectivity index (χ3n) is 1.91. The zero-order valence-electron chi connectivity index (χ0n) is 6.63. The van der Waals surface area contributed by atoms with E-state index < -0.39 is 0 Å². The van der Waals surface area contributed by atoms with Crippen LogP contribution in [0, 0.1) is 0 Å².